The second-order valence-electron chi connectivity index (χ2n) is 9.03. The fourth-order valence-electron chi connectivity index (χ4n) is 5.06. The summed E-state index contributed by atoms with van der Waals surface area (Å²) in [5.74, 6) is 0.536. The van der Waals surface area contributed by atoms with Crippen molar-refractivity contribution in [3.05, 3.63) is 106 Å². The summed E-state index contributed by atoms with van der Waals surface area (Å²) >= 11 is 12.3. The Morgan fingerprint density at radius 2 is 1.79 bits per heavy atom. The number of rotatable bonds is 5. The van der Waals surface area contributed by atoms with E-state index in [4.69, 9.17) is 28.6 Å². The number of aromatic nitrogens is 2. The number of ether oxygens (including phenoxy) is 1. The topological polar surface area (TPSA) is 42.3 Å². The lowest BCUT2D eigenvalue weighted by atomic mass is 9.96. The zero-order valence-corrected chi connectivity index (χ0v) is 22.3. The average molecular weight is 557 g/mol. The molecule has 1 fully saturated rings. The summed E-state index contributed by atoms with van der Waals surface area (Å²) in [4.78, 5) is 6.54. The van der Waals surface area contributed by atoms with E-state index in [1.165, 1.54) is 12.1 Å². The van der Waals surface area contributed by atoms with Crippen molar-refractivity contribution < 1.29 is 17.9 Å². The molecular formula is C28H24ClF3N4OS. The maximum Gasteiger partial charge on any atom is 0.416 e. The number of methoxy groups -OCH3 is 1. The fraction of sp³-hybridized carbons (Fsp3) is 0.214. The normalized spacial score (nSPS) is 17.6. The van der Waals surface area contributed by atoms with Gasteiger partial charge in [0.2, 0.25) is 0 Å². The van der Waals surface area contributed by atoms with Gasteiger partial charge in [-0.05, 0) is 86.2 Å². The first-order valence-corrected chi connectivity index (χ1v) is 12.6. The molecule has 0 aliphatic carbocycles. The zero-order valence-electron chi connectivity index (χ0n) is 20.8. The molecule has 2 aromatic heterocycles. The monoisotopic (exact) mass is 556 g/mol. The van der Waals surface area contributed by atoms with Gasteiger partial charge in [-0.1, -0.05) is 23.7 Å². The molecule has 0 bridgehead atoms. The van der Waals surface area contributed by atoms with Crippen LogP contribution in [0.2, 0.25) is 5.02 Å². The second-order valence-corrected chi connectivity index (χ2v) is 9.82. The SMILES string of the molecule is COc1ccc(N2C(=S)N[C@H](c3ccccn3)[C@@H]2c2cc(C)n(-c3cccc(C(F)(F)F)c3)c2C)cc1Cl. The van der Waals surface area contributed by atoms with E-state index in [2.05, 4.69) is 10.3 Å². The maximum absolute atomic E-state index is 13.5. The van der Waals surface area contributed by atoms with Gasteiger partial charge in [0.15, 0.2) is 5.11 Å². The van der Waals surface area contributed by atoms with Crippen LogP contribution in [0.15, 0.2) is 72.9 Å². The molecule has 2 aromatic carbocycles. The number of benzene rings is 2. The van der Waals surface area contributed by atoms with Crippen LogP contribution in [0, 0.1) is 13.8 Å². The van der Waals surface area contributed by atoms with Crippen molar-refractivity contribution in [2.24, 2.45) is 0 Å². The Balaban J connectivity index is 1.67. The number of aryl methyl sites for hydroxylation is 1. The fourth-order valence-corrected chi connectivity index (χ4v) is 5.66. The minimum Gasteiger partial charge on any atom is -0.495 e. The number of anilines is 1. The number of nitrogens with one attached hydrogen (secondary N) is 1. The number of alkyl halides is 3. The van der Waals surface area contributed by atoms with Crippen molar-refractivity contribution >= 4 is 34.6 Å². The van der Waals surface area contributed by atoms with Crippen molar-refractivity contribution in [3.63, 3.8) is 0 Å². The van der Waals surface area contributed by atoms with Gasteiger partial charge in [0.1, 0.15) is 5.75 Å². The van der Waals surface area contributed by atoms with E-state index in [9.17, 15) is 13.2 Å². The number of hydrogen-bond donors (Lipinski definition) is 1. The van der Waals surface area contributed by atoms with E-state index in [1.54, 1.807) is 31.5 Å². The average Bonchev–Trinajstić information content (AvgIpc) is 3.39. The van der Waals surface area contributed by atoms with Gasteiger partial charge in [-0.3, -0.25) is 4.98 Å². The molecule has 1 saturated heterocycles. The van der Waals surface area contributed by atoms with Crippen LogP contribution < -0.4 is 15.0 Å². The molecule has 1 aliphatic rings. The van der Waals surface area contributed by atoms with Crippen LogP contribution in [0.1, 0.15) is 40.3 Å². The molecule has 4 aromatic rings. The summed E-state index contributed by atoms with van der Waals surface area (Å²) in [5, 5.41) is 4.32. The largest absolute Gasteiger partial charge is 0.495 e. The zero-order chi connectivity index (χ0) is 27.2. The minimum atomic E-state index is -4.44. The van der Waals surface area contributed by atoms with Crippen LogP contribution in [0.3, 0.4) is 0 Å². The Hall–Kier alpha value is -3.56. The van der Waals surface area contributed by atoms with Gasteiger partial charge >= 0.3 is 6.18 Å². The lowest BCUT2D eigenvalue weighted by molar-refractivity contribution is -0.137. The lowest BCUT2D eigenvalue weighted by Gasteiger charge is -2.28. The van der Waals surface area contributed by atoms with Crippen molar-refractivity contribution in [1.29, 1.82) is 0 Å². The predicted octanol–water partition coefficient (Wildman–Crippen LogP) is 7.35. The van der Waals surface area contributed by atoms with E-state index in [1.807, 2.05) is 53.6 Å². The molecule has 10 heteroatoms. The van der Waals surface area contributed by atoms with Crippen molar-refractivity contribution in [2.45, 2.75) is 32.1 Å². The molecule has 1 N–H and O–H groups in total. The van der Waals surface area contributed by atoms with E-state index in [0.717, 1.165) is 34.4 Å². The third kappa shape index (κ3) is 4.61. The number of thiocarbonyl (C=S) groups is 1. The van der Waals surface area contributed by atoms with Crippen molar-refractivity contribution in [2.75, 3.05) is 12.0 Å². The second kappa shape index (κ2) is 9.96. The van der Waals surface area contributed by atoms with Gasteiger partial charge in [-0.25, -0.2) is 0 Å². The Kier molecular flexibility index (Phi) is 6.83. The highest BCUT2D eigenvalue weighted by Gasteiger charge is 2.42. The number of pyridine rings is 1. The predicted molar refractivity (Wildman–Crippen MR) is 146 cm³/mol. The Labute approximate surface area is 228 Å². The first kappa shape index (κ1) is 26.1. The highest BCUT2D eigenvalue weighted by Crippen LogP contribution is 2.45. The minimum absolute atomic E-state index is 0.319. The molecule has 196 valence electrons. The summed E-state index contributed by atoms with van der Waals surface area (Å²) in [6, 6.07) is 17.8. The Morgan fingerprint density at radius 3 is 2.45 bits per heavy atom. The molecule has 0 spiro atoms. The molecule has 0 unspecified atom stereocenters. The van der Waals surface area contributed by atoms with Crippen LogP contribution in [-0.4, -0.2) is 21.8 Å². The number of hydrogen-bond acceptors (Lipinski definition) is 3. The van der Waals surface area contributed by atoms with Crippen LogP contribution in [-0.2, 0) is 6.18 Å². The van der Waals surface area contributed by atoms with Gasteiger partial charge in [-0.15, -0.1) is 0 Å². The van der Waals surface area contributed by atoms with Crippen LogP contribution >= 0.6 is 23.8 Å². The molecule has 2 atom stereocenters. The number of nitrogens with zero attached hydrogens (tertiary/aromatic N) is 3. The van der Waals surface area contributed by atoms with E-state index >= 15 is 0 Å². The molecule has 3 heterocycles. The molecular weight excluding hydrogens is 533 g/mol. The summed E-state index contributed by atoms with van der Waals surface area (Å²) in [5.41, 5.74) is 3.75. The molecule has 38 heavy (non-hydrogen) atoms. The summed E-state index contributed by atoms with van der Waals surface area (Å²) < 4.78 is 47.6. The van der Waals surface area contributed by atoms with Gasteiger partial charge in [0.05, 0.1) is 35.5 Å². The lowest BCUT2D eigenvalue weighted by Crippen LogP contribution is -2.29. The van der Waals surface area contributed by atoms with E-state index < -0.39 is 11.7 Å². The van der Waals surface area contributed by atoms with E-state index in [-0.39, 0.29) is 12.1 Å². The highest BCUT2D eigenvalue weighted by molar-refractivity contribution is 7.80. The van der Waals surface area contributed by atoms with Crippen molar-refractivity contribution in [1.82, 2.24) is 14.9 Å². The first-order valence-electron chi connectivity index (χ1n) is 11.8. The highest BCUT2D eigenvalue weighted by atomic mass is 35.5. The van der Waals surface area contributed by atoms with Crippen LogP contribution in [0.25, 0.3) is 5.69 Å². The molecule has 5 nitrogen and oxygen atoms in total. The molecule has 5 rings (SSSR count). The van der Waals surface area contributed by atoms with Crippen LogP contribution in [0.4, 0.5) is 18.9 Å². The van der Waals surface area contributed by atoms with Crippen LogP contribution in [0.5, 0.6) is 5.75 Å². The third-order valence-electron chi connectivity index (χ3n) is 6.73. The van der Waals surface area contributed by atoms with Crippen molar-refractivity contribution in [3.8, 4) is 11.4 Å². The molecule has 0 saturated carbocycles. The summed E-state index contributed by atoms with van der Waals surface area (Å²) in [6.07, 6.45) is -2.72. The quantitative estimate of drug-likeness (QED) is 0.260. The summed E-state index contributed by atoms with van der Waals surface area (Å²) in [7, 11) is 1.55. The Morgan fingerprint density at radius 1 is 1.00 bits per heavy atom. The molecule has 0 radical (unpaired) electrons. The maximum atomic E-state index is 13.5. The van der Waals surface area contributed by atoms with Gasteiger partial charge in [-0.2, -0.15) is 13.2 Å². The first-order chi connectivity index (χ1) is 18.1. The van der Waals surface area contributed by atoms with Gasteiger partial charge < -0.3 is 19.5 Å². The summed E-state index contributed by atoms with van der Waals surface area (Å²) in [6.45, 7) is 3.78. The molecule has 0 amide bonds. The van der Waals surface area contributed by atoms with Gasteiger partial charge in [0, 0.05) is 29.0 Å². The van der Waals surface area contributed by atoms with E-state index in [0.29, 0.717) is 21.6 Å². The number of halogens is 4. The third-order valence-corrected chi connectivity index (χ3v) is 7.34. The smallest absolute Gasteiger partial charge is 0.416 e. The molecule has 1 aliphatic heterocycles. The Bertz CT molecular complexity index is 1510. The van der Waals surface area contributed by atoms with Gasteiger partial charge in [0.25, 0.3) is 0 Å². The standard InChI is InChI=1S/C28H24ClF3N4OS/c1-16-13-21(17(2)35(16)19-8-6-7-18(14-19)28(30,31)32)26-25(23-9-4-5-12-33-23)34-27(38)36(26)20-10-11-24(37-3)22(29)15-20/h4-15,25-26H,1-3H3,(H,34,38)/t25-,26+/m1/s1.